The predicted octanol–water partition coefficient (Wildman–Crippen LogP) is 2.05. The average molecular weight is 335 g/mol. The van der Waals surface area contributed by atoms with Gasteiger partial charge in [0.05, 0.1) is 0 Å². The van der Waals surface area contributed by atoms with Crippen molar-refractivity contribution in [3.05, 3.63) is 35.2 Å². The van der Waals surface area contributed by atoms with Gasteiger partial charge >= 0.3 is 0 Å². The summed E-state index contributed by atoms with van der Waals surface area (Å²) in [6.45, 7) is 2.31. The summed E-state index contributed by atoms with van der Waals surface area (Å²) in [7, 11) is 0. The molecule has 0 spiro atoms. The molecule has 23 heavy (non-hydrogen) atoms. The number of piperidine rings is 1. The molecule has 0 aliphatic carbocycles. The van der Waals surface area contributed by atoms with E-state index >= 15 is 0 Å². The van der Waals surface area contributed by atoms with Crippen molar-refractivity contribution in [2.45, 2.75) is 19.3 Å². The Bertz CT molecular complexity index is 668. The van der Waals surface area contributed by atoms with E-state index in [1.807, 2.05) is 12.1 Å². The molecule has 2 N–H and O–H groups in total. The van der Waals surface area contributed by atoms with E-state index in [4.69, 9.17) is 16.1 Å². The van der Waals surface area contributed by atoms with Gasteiger partial charge in [-0.25, -0.2) is 0 Å². The van der Waals surface area contributed by atoms with Crippen LogP contribution in [0.2, 0.25) is 5.02 Å². The van der Waals surface area contributed by atoms with Crippen molar-refractivity contribution in [1.29, 1.82) is 0 Å². The summed E-state index contributed by atoms with van der Waals surface area (Å²) in [6, 6.07) is 7.30. The highest BCUT2D eigenvalue weighted by Gasteiger charge is 2.20. The molecular formula is C16H19ClN4O2. The van der Waals surface area contributed by atoms with E-state index in [1.165, 1.54) is 0 Å². The Morgan fingerprint density at radius 2 is 2.22 bits per heavy atom. The Kier molecular flexibility index (Phi) is 5.25. The maximum atomic E-state index is 12.0. The summed E-state index contributed by atoms with van der Waals surface area (Å²) in [5.74, 6) is 1.24. The third-order valence-corrected chi connectivity index (χ3v) is 4.13. The van der Waals surface area contributed by atoms with Crippen molar-refractivity contribution in [1.82, 2.24) is 20.8 Å². The average Bonchev–Trinajstić information content (AvgIpc) is 3.04. The van der Waals surface area contributed by atoms with Gasteiger partial charge in [-0.15, -0.1) is 0 Å². The van der Waals surface area contributed by atoms with Crippen LogP contribution in [-0.2, 0) is 11.2 Å². The molecule has 1 saturated heterocycles. The number of amides is 1. The fraction of sp³-hybridized carbons (Fsp3) is 0.438. The lowest BCUT2D eigenvalue weighted by molar-refractivity contribution is -0.125. The third-order valence-electron chi connectivity index (χ3n) is 3.90. The highest BCUT2D eigenvalue weighted by atomic mass is 35.5. The van der Waals surface area contributed by atoms with Gasteiger partial charge in [0.15, 0.2) is 0 Å². The maximum Gasteiger partial charge on any atom is 0.228 e. The van der Waals surface area contributed by atoms with Crippen LogP contribution >= 0.6 is 11.6 Å². The van der Waals surface area contributed by atoms with Gasteiger partial charge in [0, 0.05) is 29.5 Å². The lowest BCUT2D eigenvalue weighted by Gasteiger charge is -2.21. The molecule has 2 heterocycles. The lowest BCUT2D eigenvalue weighted by atomic mass is 9.97. The molecule has 2 aromatic rings. The first-order valence-corrected chi connectivity index (χ1v) is 8.17. The molecule has 1 amide bonds. The van der Waals surface area contributed by atoms with Crippen molar-refractivity contribution >= 4 is 17.5 Å². The molecule has 7 heteroatoms. The second-order valence-electron chi connectivity index (χ2n) is 5.59. The Hall–Kier alpha value is -1.92. The van der Waals surface area contributed by atoms with Gasteiger partial charge in [-0.2, -0.15) is 4.98 Å². The standard InChI is InChI=1S/C16H19ClN4O2/c17-13-3-1-2-12(10-13)15-20-14(23-21-15)6-9-19-16(22)11-4-7-18-8-5-11/h1-3,10-11,18H,4-9H2,(H,19,22). The van der Waals surface area contributed by atoms with Crippen molar-refractivity contribution < 1.29 is 9.32 Å². The van der Waals surface area contributed by atoms with Crippen LogP contribution in [0.1, 0.15) is 18.7 Å². The van der Waals surface area contributed by atoms with Crippen LogP contribution in [0.4, 0.5) is 0 Å². The number of hydrogen-bond acceptors (Lipinski definition) is 5. The number of carbonyl (C=O) groups excluding carboxylic acids is 1. The molecule has 1 aliphatic heterocycles. The monoisotopic (exact) mass is 334 g/mol. The molecular weight excluding hydrogens is 316 g/mol. The molecule has 6 nitrogen and oxygen atoms in total. The summed E-state index contributed by atoms with van der Waals surface area (Å²) in [5, 5.41) is 10.8. The van der Waals surface area contributed by atoms with E-state index in [1.54, 1.807) is 12.1 Å². The largest absolute Gasteiger partial charge is 0.355 e. The predicted molar refractivity (Wildman–Crippen MR) is 87.1 cm³/mol. The molecule has 0 bridgehead atoms. The molecule has 3 rings (SSSR count). The minimum Gasteiger partial charge on any atom is -0.355 e. The summed E-state index contributed by atoms with van der Waals surface area (Å²) < 4.78 is 5.22. The highest BCUT2D eigenvalue weighted by molar-refractivity contribution is 6.30. The second-order valence-corrected chi connectivity index (χ2v) is 6.02. The Balaban J connectivity index is 1.50. The van der Waals surface area contributed by atoms with Crippen LogP contribution < -0.4 is 10.6 Å². The molecule has 0 radical (unpaired) electrons. The molecule has 0 saturated carbocycles. The van der Waals surface area contributed by atoms with Crippen LogP contribution in [-0.4, -0.2) is 35.7 Å². The van der Waals surface area contributed by atoms with Gasteiger partial charge < -0.3 is 15.2 Å². The first-order valence-electron chi connectivity index (χ1n) is 7.79. The van der Waals surface area contributed by atoms with E-state index in [-0.39, 0.29) is 11.8 Å². The Morgan fingerprint density at radius 1 is 1.39 bits per heavy atom. The molecule has 0 unspecified atom stereocenters. The molecule has 1 aromatic carbocycles. The summed E-state index contributed by atoms with van der Waals surface area (Å²) in [5.41, 5.74) is 0.811. The van der Waals surface area contributed by atoms with E-state index < -0.39 is 0 Å². The molecule has 1 aliphatic rings. The summed E-state index contributed by atoms with van der Waals surface area (Å²) in [4.78, 5) is 16.4. The van der Waals surface area contributed by atoms with E-state index in [9.17, 15) is 4.79 Å². The fourth-order valence-electron chi connectivity index (χ4n) is 2.62. The number of hydrogen-bond donors (Lipinski definition) is 2. The lowest BCUT2D eigenvalue weighted by Crippen LogP contribution is -2.38. The van der Waals surface area contributed by atoms with Crippen molar-refractivity contribution in [3.63, 3.8) is 0 Å². The quantitative estimate of drug-likeness (QED) is 0.874. The van der Waals surface area contributed by atoms with Crippen molar-refractivity contribution in [2.24, 2.45) is 5.92 Å². The number of nitrogens with zero attached hydrogens (tertiary/aromatic N) is 2. The van der Waals surface area contributed by atoms with Crippen molar-refractivity contribution in [2.75, 3.05) is 19.6 Å². The minimum atomic E-state index is 0.112. The first kappa shape index (κ1) is 16.0. The fourth-order valence-corrected chi connectivity index (χ4v) is 2.81. The van der Waals surface area contributed by atoms with Gasteiger partial charge in [0.25, 0.3) is 0 Å². The first-order chi connectivity index (χ1) is 11.2. The Labute approximate surface area is 139 Å². The molecule has 122 valence electrons. The molecule has 1 fully saturated rings. The smallest absolute Gasteiger partial charge is 0.228 e. The number of nitrogens with one attached hydrogen (secondary N) is 2. The Morgan fingerprint density at radius 3 is 3.00 bits per heavy atom. The summed E-state index contributed by atoms with van der Waals surface area (Å²) >= 11 is 5.96. The van der Waals surface area contributed by atoms with Gasteiger partial charge in [0.1, 0.15) is 0 Å². The van der Waals surface area contributed by atoms with Crippen LogP contribution in [0.25, 0.3) is 11.4 Å². The molecule has 0 atom stereocenters. The van der Waals surface area contributed by atoms with Crippen LogP contribution in [0.15, 0.2) is 28.8 Å². The number of aromatic nitrogens is 2. The zero-order chi connectivity index (χ0) is 16.1. The number of benzene rings is 1. The number of carbonyl (C=O) groups is 1. The van der Waals surface area contributed by atoms with Crippen LogP contribution in [0, 0.1) is 5.92 Å². The summed E-state index contributed by atoms with van der Waals surface area (Å²) in [6.07, 6.45) is 2.31. The van der Waals surface area contributed by atoms with Gasteiger partial charge in [-0.1, -0.05) is 28.9 Å². The minimum absolute atomic E-state index is 0.112. The van der Waals surface area contributed by atoms with E-state index in [2.05, 4.69) is 20.8 Å². The normalized spacial score (nSPS) is 15.5. The van der Waals surface area contributed by atoms with E-state index in [0.29, 0.717) is 29.7 Å². The number of rotatable bonds is 5. The van der Waals surface area contributed by atoms with Gasteiger partial charge in [-0.05, 0) is 38.1 Å². The van der Waals surface area contributed by atoms with Crippen LogP contribution in [0.5, 0.6) is 0 Å². The number of halogens is 1. The van der Waals surface area contributed by atoms with E-state index in [0.717, 1.165) is 31.5 Å². The van der Waals surface area contributed by atoms with Gasteiger partial charge in [0.2, 0.25) is 17.6 Å². The SMILES string of the molecule is O=C(NCCc1nc(-c2cccc(Cl)c2)no1)C1CCNCC1. The maximum absolute atomic E-state index is 12.0. The topological polar surface area (TPSA) is 80.1 Å². The van der Waals surface area contributed by atoms with Crippen LogP contribution in [0.3, 0.4) is 0 Å². The zero-order valence-electron chi connectivity index (χ0n) is 12.7. The highest BCUT2D eigenvalue weighted by Crippen LogP contribution is 2.20. The third kappa shape index (κ3) is 4.30. The molecule has 1 aromatic heterocycles. The van der Waals surface area contributed by atoms with Gasteiger partial charge in [-0.3, -0.25) is 4.79 Å². The zero-order valence-corrected chi connectivity index (χ0v) is 13.5. The van der Waals surface area contributed by atoms with Crippen molar-refractivity contribution in [3.8, 4) is 11.4 Å². The second kappa shape index (κ2) is 7.57.